The molecule has 3 heterocycles. The number of H-pyrrole nitrogens is 1. The van der Waals surface area contributed by atoms with Gasteiger partial charge in [0.2, 0.25) is 5.95 Å². The van der Waals surface area contributed by atoms with Crippen LogP contribution in [-0.4, -0.2) is 60.6 Å². The molecule has 4 atom stereocenters. The maximum atomic E-state index is 11.8. The third-order valence-electron chi connectivity index (χ3n) is 3.51. The first-order valence-electron chi connectivity index (χ1n) is 6.75. The van der Waals surface area contributed by atoms with Crippen molar-refractivity contribution in [1.82, 2.24) is 19.5 Å². The molecule has 0 bridgehead atoms. The molecule has 1 fully saturated rings. The molecule has 0 unspecified atom stereocenters. The highest BCUT2D eigenvalue weighted by Gasteiger charge is 2.44. The molecule has 2 aromatic rings. The summed E-state index contributed by atoms with van der Waals surface area (Å²) in [6.07, 6.45) is -3.33. The molecule has 2 aromatic heterocycles. The predicted octanol–water partition coefficient (Wildman–Crippen LogP) is -2.12. The Bertz CT molecular complexity index is 801. The number of aliphatic hydroxyl groups is 2. The van der Waals surface area contributed by atoms with Gasteiger partial charge in [0.25, 0.3) is 5.56 Å². The van der Waals surface area contributed by atoms with Gasteiger partial charge >= 0.3 is 5.97 Å². The number of anilines is 1. The van der Waals surface area contributed by atoms with Crippen LogP contribution in [0.1, 0.15) is 13.2 Å². The third kappa shape index (κ3) is 2.65. The van der Waals surface area contributed by atoms with Crippen LogP contribution in [0.15, 0.2) is 11.1 Å². The highest BCUT2D eigenvalue weighted by Crippen LogP contribution is 2.31. The van der Waals surface area contributed by atoms with E-state index in [1.54, 1.807) is 0 Å². The van der Waals surface area contributed by atoms with Crippen molar-refractivity contribution >= 4 is 23.1 Å². The normalized spacial score (nSPS) is 27.4. The average Bonchev–Trinajstić information content (AvgIpc) is 3.00. The number of aromatic nitrogens is 4. The zero-order valence-electron chi connectivity index (χ0n) is 12.0. The number of hydrogen-bond acceptors (Lipinski definition) is 9. The van der Waals surface area contributed by atoms with Gasteiger partial charge in [-0.2, -0.15) is 4.98 Å². The van der Waals surface area contributed by atoms with Crippen LogP contribution >= 0.6 is 0 Å². The van der Waals surface area contributed by atoms with Crippen molar-refractivity contribution in [3.8, 4) is 0 Å². The first kappa shape index (κ1) is 15.4. The largest absolute Gasteiger partial charge is 0.463 e. The minimum absolute atomic E-state index is 0.0212. The molecule has 23 heavy (non-hydrogen) atoms. The summed E-state index contributed by atoms with van der Waals surface area (Å²) in [7, 11) is 0. The SMILES string of the molecule is CC(=O)OC[C@@H]1O[C@H](n2cnc3c(=O)[nH]c(N)nc32)[C@H](O)[C@@H]1O. The summed E-state index contributed by atoms with van der Waals surface area (Å²) < 4.78 is 11.6. The van der Waals surface area contributed by atoms with Crippen molar-refractivity contribution in [2.75, 3.05) is 12.3 Å². The standard InChI is InChI=1S/C12H15N5O6/c1-4(18)22-2-5-7(19)8(20)11(23-5)17-3-14-6-9(17)15-12(13)16-10(6)21/h3,5,7-8,11,19-20H,2H2,1H3,(H3,13,15,16,21)/t5-,7+,8+,11-/m0/s1. The van der Waals surface area contributed by atoms with E-state index in [0.717, 1.165) is 0 Å². The zero-order valence-corrected chi connectivity index (χ0v) is 12.0. The summed E-state index contributed by atoms with van der Waals surface area (Å²) in [6.45, 7) is 1.00. The second-order valence-electron chi connectivity index (χ2n) is 5.12. The number of fused-ring (bicyclic) bond motifs is 1. The number of imidazole rings is 1. The average molecular weight is 325 g/mol. The molecule has 0 aliphatic carbocycles. The minimum atomic E-state index is -1.32. The highest BCUT2D eigenvalue weighted by molar-refractivity contribution is 5.70. The second-order valence-corrected chi connectivity index (χ2v) is 5.12. The first-order valence-corrected chi connectivity index (χ1v) is 6.75. The Kier molecular flexibility index (Phi) is 3.75. The molecule has 0 saturated carbocycles. The number of aliphatic hydroxyl groups excluding tert-OH is 2. The number of carbonyl (C=O) groups excluding carboxylic acids is 1. The monoisotopic (exact) mass is 325 g/mol. The fourth-order valence-corrected chi connectivity index (χ4v) is 2.43. The molecule has 0 aromatic carbocycles. The second kappa shape index (κ2) is 5.61. The Morgan fingerprint density at radius 1 is 1.52 bits per heavy atom. The number of nitrogens with one attached hydrogen (secondary N) is 1. The molecule has 1 saturated heterocycles. The van der Waals surface area contributed by atoms with Gasteiger partial charge in [-0.15, -0.1) is 0 Å². The van der Waals surface area contributed by atoms with E-state index >= 15 is 0 Å². The quantitative estimate of drug-likeness (QED) is 0.462. The van der Waals surface area contributed by atoms with Crippen LogP contribution in [0.2, 0.25) is 0 Å². The first-order chi connectivity index (χ1) is 10.9. The number of aromatic amines is 1. The van der Waals surface area contributed by atoms with E-state index in [4.69, 9.17) is 15.2 Å². The summed E-state index contributed by atoms with van der Waals surface area (Å²) in [4.78, 5) is 32.8. The molecule has 0 spiro atoms. The van der Waals surface area contributed by atoms with Crippen molar-refractivity contribution < 1.29 is 24.5 Å². The molecule has 0 radical (unpaired) electrons. The Labute approximate surface area is 128 Å². The van der Waals surface area contributed by atoms with Crippen molar-refractivity contribution in [3.05, 3.63) is 16.7 Å². The van der Waals surface area contributed by atoms with E-state index in [1.807, 2.05) is 0 Å². The lowest BCUT2D eigenvalue weighted by Gasteiger charge is -2.16. The minimum Gasteiger partial charge on any atom is -0.463 e. The van der Waals surface area contributed by atoms with Crippen molar-refractivity contribution in [3.63, 3.8) is 0 Å². The summed E-state index contributed by atoms with van der Waals surface area (Å²) in [6, 6.07) is 0. The molecule has 3 rings (SSSR count). The molecule has 11 nitrogen and oxygen atoms in total. The van der Waals surface area contributed by atoms with Gasteiger partial charge in [0.15, 0.2) is 17.4 Å². The Balaban J connectivity index is 1.93. The van der Waals surface area contributed by atoms with Gasteiger partial charge in [-0.1, -0.05) is 0 Å². The number of nitrogen functional groups attached to an aromatic ring is 1. The van der Waals surface area contributed by atoms with Crippen LogP contribution in [0.5, 0.6) is 0 Å². The lowest BCUT2D eigenvalue weighted by molar-refractivity contribution is -0.147. The topological polar surface area (TPSA) is 166 Å². The van der Waals surface area contributed by atoms with Crippen molar-refractivity contribution in [1.29, 1.82) is 0 Å². The number of nitrogens with zero attached hydrogens (tertiary/aromatic N) is 3. The highest BCUT2D eigenvalue weighted by atomic mass is 16.6. The van der Waals surface area contributed by atoms with E-state index in [1.165, 1.54) is 17.8 Å². The van der Waals surface area contributed by atoms with Crippen LogP contribution in [0.4, 0.5) is 5.95 Å². The number of rotatable bonds is 3. The molecule has 0 amide bonds. The molecular weight excluding hydrogens is 310 g/mol. The molecule has 5 N–H and O–H groups in total. The maximum absolute atomic E-state index is 11.8. The Morgan fingerprint density at radius 2 is 2.26 bits per heavy atom. The van der Waals surface area contributed by atoms with Gasteiger partial charge in [0.05, 0.1) is 6.33 Å². The van der Waals surface area contributed by atoms with E-state index in [2.05, 4.69) is 15.0 Å². The summed E-state index contributed by atoms with van der Waals surface area (Å²) in [5.41, 5.74) is 5.10. The van der Waals surface area contributed by atoms with E-state index < -0.39 is 36.1 Å². The fraction of sp³-hybridized carbons (Fsp3) is 0.500. The molecule has 124 valence electrons. The predicted molar refractivity (Wildman–Crippen MR) is 75.1 cm³/mol. The van der Waals surface area contributed by atoms with E-state index in [-0.39, 0.29) is 23.7 Å². The van der Waals surface area contributed by atoms with Crippen molar-refractivity contribution in [2.24, 2.45) is 0 Å². The number of nitrogens with two attached hydrogens (primary N) is 1. The number of ether oxygens (including phenoxy) is 2. The van der Waals surface area contributed by atoms with Crippen LogP contribution in [0, 0.1) is 0 Å². The lowest BCUT2D eigenvalue weighted by Crippen LogP contribution is -2.34. The third-order valence-corrected chi connectivity index (χ3v) is 3.51. The van der Waals surface area contributed by atoms with Crippen LogP contribution < -0.4 is 11.3 Å². The van der Waals surface area contributed by atoms with Gasteiger partial charge in [0.1, 0.15) is 24.9 Å². The van der Waals surface area contributed by atoms with Crippen LogP contribution in [0.25, 0.3) is 11.2 Å². The molecule has 11 heteroatoms. The van der Waals surface area contributed by atoms with E-state index in [9.17, 15) is 19.8 Å². The molecular formula is C12H15N5O6. The van der Waals surface area contributed by atoms with Gasteiger partial charge in [0, 0.05) is 6.92 Å². The number of hydrogen-bond donors (Lipinski definition) is 4. The summed E-state index contributed by atoms with van der Waals surface area (Å²) in [5, 5.41) is 20.2. The Morgan fingerprint density at radius 3 is 2.96 bits per heavy atom. The zero-order chi connectivity index (χ0) is 16.7. The molecule has 1 aliphatic rings. The Hall–Kier alpha value is -2.50. The summed E-state index contributed by atoms with van der Waals surface area (Å²) >= 11 is 0. The fourth-order valence-electron chi connectivity index (χ4n) is 2.43. The van der Waals surface area contributed by atoms with Crippen molar-refractivity contribution in [2.45, 2.75) is 31.5 Å². The number of carbonyl (C=O) groups is 1. The smallest absolute Gasteiger partial charge is 0.302 e. The van der Waals surface area contributed by atoms with Gasteiger partial charge in [-0.25, -0.2) is 4.98 Å². The van der Waals surface area contributed by atoms with Gasteiger partial charge < -0.3 is 25.4 Å². The van der Waals surface area contributed by atoms with Crippen LogP contribution in [0.3, 0.4) is 0 Å². The number of esters is 1. The molecule has 1 aliphatic heterocycles. The van der Waals surface area contributed by atoms with Gasteiger partial charge in [-0.05, 0) is 0 Å². The lowest BCUT2D eigenvalue weighted by atomic mass is 10.1. The van der Waals surface area contributed by atoms with Crippen LogP contribution in [-0.2, 0) is 14.3 Å². The van der Waals surface area contributed by atoms with Gasteiger partial charge in [-0.3, -0.25) is 19.1 Å². The summed E-state index contributed by atoms with van der Waals surface area (Å²) in [5.74, 6) is -0.651. The maximum Gasteiger partial charge on any atom is 0.302 e. The van der Waals surface area contributed by atoms with E-state index in [0.29, 0.717) is 0 Å².